The summed E-state index contributed by atoms with van der Waals surface area (Å²) in [6.07, 6.45) is 2.94. The van der Waals surface area contributed by atoms with E-state index in [2.05, 4.69) is 4.98 Å². The van der Waals surface area contributed by atoms with Gasteiger partial charge >= 0.3 is 5.97 Å². The lowest BCUT2D eigenvalue weighted by atomic mass is 9.93. The molecule has 7 nitrogen and oxygen atoms in total. The van der Waals surface area contributed by atoms with Crippen LogP contribution in [-0.2, 0) is 16.1 Å². The summed E-state index contributed by atoms with van der Waals surface area (Å²) in [5.74, 6) is -0.795. The normalized spacial score (nSPS) is 15.9. The molecule has 1 aliphatic heterocycles. The molecule has 0 saturated carbocycles. The van der Waals surface area contributed by atoms with Gasteiger partial charge in [0.15, 0.2) is 0 Å². The third-order valence-corrected chi connectivity index (χ3v) is 5.01. The predicted octanol–water partition coefficient (Wildman–Crippen LogP) is 1.17. The minimum Gasteiger partial charge on any atom is -0.481 e. The lowest BCUT2D eigenvalue weighted by Gasteiger charge is -2.31. The van der Waals surface area contributed by atoms with E-state index in [4.69, 9.17) is 5.11 Å². The van der Waals surface area contributed by atoms with Crippen molar-refractivity contribution in [3.8, 4) is 0 Å². The largest absolute Gasteiger partial charge is 0.481 e. The Bertz CT molecular complexity index is 789. The first-order valence-corrected chi connectivity index (χ1v) is 8.35. The van der Waals surface area contributed by atoms with Crippen molar-refractivity contribution in [3.05, 3.63) is 28.1 Å². The lowest BCUT2D eigenvalue weighted by molar-refractivity contribution is -0.138. The zero-order chi connectivity index (χ0) is 16.4. The van der Waals surface area contributed by atoms with Gasteiger partial charge in [-0.15, -0.1) is 11.3 Å². The molecule has 122 valence electrons. The van der Waals surface area contributed by atoms with Crippen LogP contribution in [0.25, 0.3) is 10.2 Å². The highest BCUT2D eigenvalue weighted by Gasteiger charge is 2.24. The number of carboxylic acid groups (broad SMARTS) is 1. The summed E-state index contributed by atoms with van der Waals surface area (Å²) in [6.45, 7) is 1.06. The Balaban J connectivity index is 1.64. The molecule has 0 bridgehead atoms. The molecular formula is C15H17N3O4S. The highest BCUT2D eigenvalue weighted by atomic mass is 32.1. The van der Waals surface area contributed by atoms with Crippen molar-refractivity contribution in [1.82, 2.24) is 14.5 Å². The molecule has 23 heavy (non-hydrogen) atoms. The summed E-state index contributed by atoms with van der Waals surface area (Å²) >= 11 is 1.39. The van der Waals surface area contributed by atoms with Gasteiger partial charge in [-0.3, -0.25) is 19.0 Å². The van der Waals surface area contributed by atoms with Gasteiger partial charge in [-0.2, -0.15) is 0 Å². The molecule has 0 atom stereocenters. The zero-order valence-electron chi connectivity index (χ0n) is 12.5. The summed E-state index contributed by atoms with van der Waals surface area (Å²) in [4.78, 5) is 41.9. The van der Waals surface area contributed by atoms with E-state index in [1.165, 1.54) is 22.2 Å². The zero-order valence-corrected chi connectivity index (χ0v) is 13.3. The van der Waals surface area contributed by atoms with Gasteiger partial charge in [0.05, 0.1) is 11.7 Å². The fourth-order valence-electron chi connectivity index (χ4n) is 2.89. The fourth-order valence-corrected chi connectivity index (χ4v) is 3.61. The van der Waals surface area contributed by atoms with Crippen LogP contribution < -0.4 is 5.56 Å². The van der Waals surface area contributed by atoms with Crippen molar-refractivity contribution < 1.29 is 14.7 Å². The van der Waals surface area contributed by atoms with Gasteiger partial charge in [-0.25, -0.2) is 4.98 Å². The second-order valence-corrected chi connectivity index (χ2v) is 6.63. The van der Waals surface area contributed by atoms with Crippen molar-refractivity contribution >= 4 is 33.4 Å². The number of carbonyl (C=O) groups excluding carboxylic acids is 1. The molecule has 8 heteroatoms. The molecule has 0 radical (unpaired) electrons. The second-order valence-electron chi connectivity index (χ2n) is 5.74. The number of aliphatic carboxylic acids is 1. The average molecular weight is 335 g/mol. The molecule has 1 N–H and O–H groups in total. The second kappa shape index (κ2) is 6.49. The van der Waals surface area contributed by atoms with Crippen LogP contribution in [0.5, 0.6) is 0 Å². The number of aromatic nitrogens is 2. The van der Waals surface area contributed by atoms with Crippen molar-refractivity contribution in [2.75, 3.05) is 13.1 Å². The number of carboxylic acids is 1. The fraction of sp³-hybridized carbons (Fsp3) is 0.467. The Kier molecular flexibility index (Phi) is 4.42. The van der Waals surface area contributed by atoms with Gasteiger partial charge in [0, 0.05) is 19.5 Å². The van der Waals surface area contributed by atoms with Gasteiger partial charge in [0.2, 0.25) is 5.91 Å². The molecule has 2 aromatic heterocycles. The van der Waals surface area contributed by atoms with Gasteiger partial charge in [-0.1, -0.05) is 0 Å². The number of amides is 1. The number of carbonyl (C=O) groups is 2. The number of rotatable bonds is 4. The van der Waals surface area contributed by atoms with Crippen LogP contribution in [0, 0.1) is 5.92 Å². The maximum absolute atomic E-state index is 12.3. The van der Waals surface area contributed by atoms with Crippen LogP contribution >= 0.6 is 11.3 Å². The van der Waals surface area contributed by atoms with Crippen LogP contribution in [0.3, 0.4) is 0 Å². The summed E-state index contributed by atoms with van der Waals surface area (Å²) < 4.78 is 1.33. The molecule has 3 rings (SSSR count). The first kappa shape index (κ1) is 15.7. The van der Waals surface area contributed by atoms with E-state index in [1.54, 1.807) is 16.3 Å². The van der Waals surface area contributed by atoms with E-state index in [0.29, 0.717) is 36.1 Å². The molecule has 1 aliphatic rings. The Labute approximate surface area is 136 Å². The molecule has 0 aromatic carbocycles. The van der Waals surface area contributed by atoms with E-state index in [1.807, 2.05) is 0 Å². The molecule has 1 fully saturated rings. The van der Waals surface area contributed by atoms with Crippen molar-refractivity contribution in [2.45, 2.75) is 25.8 Å². The molecule has 0 unspecified atom stereocenters. The minimum absolute atomic E-state index is 0.0266. The standard InChI is InChI=1S/C15H17N3O4S/c19-12(17-4-1-10(2-5-17)7-13(20)21)8-18-9-16-14-11(15(18)22)3-6-23-14/h3,6,9-10H,1-2,4-5,7-8H2,(H,20,21). The van der Waals surface area contributed by atoms with Crippen LogP contribution in [0.15, 0.2) is 22.6 Å². The Morgan fingerprint density at radius 3 is 2.78 bits per heavy atom. The third kappa shape index (κ3) is 3.42. The van der Waals surface area contributed by atoms with Crippen LogP contribution in [-0.4, -0.2) is 44.5 Å². The quantitative estimate of drug-likeness (QED) is 0.905. The first-order chi connectivity index (χ1) is 11.0. The number of thiophene rings is 1. The van der Waals surface area contributed by atoms with E-state index >= 15 is 0 Å². The molecule has 0 spiro atoms. The lowest BCUT2D eigenvalue weighted by Crippen LogP contribution is -2.41. The Hall–Kier alpha value is -2.22. The maximum Gasteiger partial charge on any atom is 0.303 e. The summed E-state index contributed by atoms with van der Waals surface area (Å²) in [5.41, 5.74) is -0.203. The number of hydrogen-bond acceptors (Lipinski definition) is 5. The monoisotopic (exact) mass is 335 g/mol. The first-order valence-electron chi connectivity index (χ1n) is 7.47. The van der Waals surface area contributed by atoms with Crippen molar-refractivity contribution in [3.63, 3.8) is 0 Å². The van der Waals surface area contributed by atoms with E-state index < -0.39 is 5.97 Å². The molecular weight excluding hydrogens is 318 g/mol. The maximum atomic E-state index is 12.3. The predicted molar refractivity (Wildman–Crippen MR) is 85.4 cm³/mol. The number of likely N-dealkylation sites (tertiary alicyclic amines) is 1. The Morgan fingerprint density at radius 1 is 1.35 bits per heavy atom. The topological polar surface area (TPSA) is 92.5 Å². The average Bonchev–Trinajstić information content (AvgIpc) is 2.99. The summed E-state index contributed by atoms with van der Waals surface area (Å²) in [5, 5.41) is 11.1. The Morgan fingerprint density at radius 2 is 2.09 bits per heavy atom. The summed E-state index contributed by atoms with van der Waals surface area (Å²) in [7, 11) is 0. The van der Waals surface area contributed by atoms with Gasteiger partial charge in [-0.05, 0) is 30.2 Å². The van der Waals surface area contributed by atoms with Crippen molar-refractivity contribution in [1.29, 1.82) is 0 Å². The number of piperidine rings is 1. The molecule has 1 amide bonds. The smallest absolute Gasteiger partial charge is 0.303 e. The van der Waals surface area contributed by atoms with Gasteiger partial charge in [0.1, 0.15) is 11.4 Å². The summed E-state index contributed by atoms with van der Waals surface area (Å²) in [6, 6.07) is 1.72. The van der Waals surface area contributed by atoms with Crippen LogP contribution in [0.2, 0.25) is 0 Å². The van der Waals surface area contributed by atoms with E-state index in [-0.39, 0.29) is 30.3 Å². The molecule has 3 heterocycles. The van der Waals surface area contributed by atoms with Crippen molar-refractivity contribution in [2.24, 2.45) is 5.92 Å². The minimum atomic E-state index is -0.795. The third-order valence-electron chi connectivity index (χ3n) is 4.19. The van der Waals surface area contributed by atoms with Crippen LogP contribution in [0.1, 0.15) is 19.3 Å². The van der Waals surface area contributed by atoms with E-state index in [0.717, 1.165) is 0 Å². The SMILES string of the molecule is O=C(O)CC1CCN(C(=O)Cn2cnc3sccc3c2=O)CC1. The van der Waals surface area contributed by atoms with Crippen LogP contribution in [0.4, 0.5) is 0 Å². The molecule has 1 saturated heterocycles. The molecule has 2 aromatic rings. The highest BCUT2D eigenvalue weighted by molar-refractivity contribution is 7.16. The number of nitrogens with zero attached hydrogens (tertiary/aromatic N) is 3. The van der Waals surface area contributed by atoms with E-state index in [9.17, 15) is 14.4 Å². The number of hydrogen-bond donors (Lipinski definition) is 1. The highest BCUT2D eigenvalue weighted by Crippen LogP contribution is 2.20. The van der Waals surface area contributed by atoms with Gasteiger partial charge in [0.25, 0.3) is 5.56 Å². The molecule has 0 aliphatic carbocycles. The van der Waals surface area contributed by atoms with Gasteiger partial charge < -0.3 is 10.0 Å². The number of fused-ring (bicyclic) bond motifs is 1.